The highest BCUT2D eigenvalue weighted by atomic mass is 13.9. The van der Waals surface area contributed by atoms with Gasteiger partial charge < -0.3 is 0 Å². The van der Waals surface area contributed by atoms with E-state index in [1.54, 1.807) is 6.08 Å². The first-order chi connectivity index (χ1) is 5.86. The number of benzene rings is 1. The smallest absolute Gasteiger partial charge is 0.0243 e. The minimum atomic E-state index is 0.908. The summed E-state index contributed by atoms with van der Waals surface area (Å²) in [5, 5.41) is 0. The first-order valence-corrected chi connectivity index (χ1v) is 3.72. The van der Waals surface area contributed by atoms with Gasteiger partial charge in [0.25, 0.3) is 0 Å². The van der Waals surface area contributed by atoms with E-state index in [2.05, 4.69) is 12.5 Å². The molecule has 0 aromatic heterocycles. The topological polar surface area (TPSA) is 0 Å². The molecule has 0 amide bonds. The molecule has 0 atom stereocenters. The molecule has 0 radical (unpaired) electrons. The molecule has 0 heterocycles. The minimum absolute atomic E-state index is 0.908. The van der Waals surface area contributed by atoms with Crippen molar-refractivity contribution in [2.75, 3.05) is 0 Å². The van der Waals surface area contributed by atoms with Crippen molar-refractivity contribution in [2.45, 2.75) is 0 Å². The van der Waals surface area contributed by atoms with Crippen LogP contribution in [-0.2, 0) is 0 Å². The molecule has 0 N–H and O–H groups in total. The van der Waals surface area contributed by atoms with Crippen molar-refractivity contribution >= 4 is 6.08 Å². The van der Waals surface area contributed by atoms with Gasteiger partial charge in [0, 0.05) is 5.56 Å². The Morgan fingerprint density at radius 2 is 1.92 bits per heavy atom. The minimum Gasteiger partial charge on any atom is -0.115 e. The van der Waals surface area contributed by atoms with Crippen molar-refractivity contribution < 1.29 is 0 Å². The molecule has 0 heteroatoms. The first-order valence-electron chi connectivity index (χ1n) is 3.72. The Hall–Kier alpha value is -1.74. The summed E-state index contributed by atoms with van der Waals surface area (Å²) in [7, 11) is 0. The molecule has 0 spiro atoms. The van der Waals surface area contributed by atoms with Gasteiger partial charge in [-0.3, -0.25) is 0 Å². The Morgan fingerprint density at radius 3 is 2.42 bits per heavy atom. The van der Waals surface area contributed by atoms with Gasteiger partial charge in [0.2, 0.25) is 0 Å². The van der Waals surface area contributed by atoms with Crippen LogP contribution in [0, 0.1) is 12.3 Å². The van der Waals surface area contributed by atoms with Crippen molar-refractivity contribution in [1.29, 1.82) is 0 Å². The number of hydrogen-bond acceptors (Lipinski definition) is 0. The molecule has 1 aromatic carbocycles. The second kappa shape index (κ2) is 4.20. The van der Waals surface area contributed by atoms with E-state index in [9.17, 15) is 0 Å². The van der Waals surface area contributed by atoms with Crippen LogP contribution in [0.2, 0.25) is 0 Å². The highest BCUT2D eigenvalue weighted by Gasteiger charge is 1.85. The van der Waals surface area contributed by atoms with Crippen LogP contribution in [0.4, 0.5) is 0 Å². The van der Waals surface area contributed by atoms with Crippen molar-refractivity contribution in [2.24, 2.45) is 0 Å². The Kier molecular flexibility index (Phi) is 2.93. The number of hydrogen-bond donors (Lipinski definition) is 0. The van der Waals surface area contributed by atoms with E-state index in [-0.39, 0.29) is 0 Å². The molecule has 0 aliphatic heterocycles. The molecule has 0 saturated heterocycles. The third-order valence-corrected chi connectivity index (χ3v) is 1.50. The fourth-order valence-corrected chi connectivity index (χ4v) is 0.870. The maximum atomic E-state index is 5.22. The molecule has 0 aliphatic rings. The fourth-order valence-electron chi connectivity index (χ4n) is 0.870. The van der Waals surface area contributed by atoms with Crippen LogP contribution in [-0.4, -0.2) is 0 Å². The van der Waals surface area contributed by atoms with E-state index in [0.717, 1.165) is 11.1 Å². The molecule has 1 aromatic rings. The summed E-state index contributed by atoms with van der Waals surface area (Å²) in [6, 6.07) is 7.80. The SMILES string of the molecule is C#Cc1ccc(/C=C/C=C)cc1. The van der Waals surface area contributed by atoms with Crippen LogP contribution in [0.1, 0.15) is 11.1 Å². The quantitative estimate of drug-likeness (QED) is 0.454. The normalized spacial score (nSPS) is 9.58. The summed E-state index contributed by atoms with van der Waals surface area (Å²) in [5.74, 6) is 2.57. The van der Waals surface area contributed by atoms with E-state index >= 15 is 0 Å². The largest absolute Gasteiger partial charge is 0.115 e. The van der Waals surface area contributed by atoms with Gasteiger partial charge in [-0.25, -0.2) is 0 Å². The number of rotatable bonds is 2. The molecule has 0 bridgehead atoms. The second-order valence-corrected chi connectivity index (χ2v) is 2.36. The third kappa shape index (κ3) is 2.14. The van der Waals surface area contributed by atoms with Crippen molar-refractivity contribution in [3.05, 3.63) is 54.1 Å². The lowest BCUT2D eigenvalue weighted by molar-refractivity contribution is 1.61. The Morgan fingerprint density at radius 1 is 1.25 bits per heavy atom. The van der Waals surface area contributed by atoms with Crippen LogP contribution in [0.25, 0.3) is 6.08 Å². The zero-order chi connectivity index (χ0) is 8.81. The first kappa shape index (κ1) is 8.36. The summed E-state index contributed by atoms with van der Waals surface area (Å²) in [6.07, 6.45) is 10.8. The maximum Gasteiger partial charge on any atom is 0.0243 e. The standard InChI is InChI=1S/C12H10/c1-3-5-6-12-9-7-11(4-2)8-10-12/h2-3,5-10H,1H2/b6-5+. The van der Waals surface area contributed by atoms with E-state index in [4.69, 9.17) is 6.42 Å². The van der Waals surface area contributed by atoms with Crippen molar-refractivity contribution in [1.82, 2.24) is 0 Å². The van der Waals surface area contributed by atoms with Gasteiger partial charge >= 0.3 is 0 Å². The van der Waals surface area contributed by atoms with Gasteiger partial charge in [-0.2, -0.15) is 0 Å². The van der Waals surface area contributed by atoms with E-state index < -0.39 is 0 Å². The molecule has 0 saturated carbocycles. The lowest BCUT2D eigenvalue weighted by Crippen LogP contribution is -1.73. The number of terminal acetylenes is 1. The molecule has 12 heavy (non-hydrogen) atoms. The Balaban J connectivity index is 2.86. The molecular weight excluding hydrogens is 144 g/mol. The average molecular weight is 154 g/mol. The Bertz CT molecular complexity index is 320. The van der Waals surface area contributed by atoms with Gasteiger partial charge in [-0.05, 0) is 17.7 Å². The second-order valence-electron chi connectivity index (χ2n) is 2.36. The lowest BCUT2D eigenvalue weighted by Gasteiger charge is -1.92. The van der Waals surface area contributed by atoms with Crippen LogP contribution >= 0.6 is 0 Å². The van der Waals surface area contributed by atoms with Crippen LogP contribution in [0.15, 0.2) is 43.0 Å². The molecule has 0 nitrogen and oxygen atoms in total. The van der Waals surface area contributed by atoms with Gasteiger partial charge in [0.05, 0.1) is 0 Å². The zero-order valence-electron chi connectivity index (χ0n) is 6.83. The van der Waals surface area contributed by atoms with Crippen LogP contribution in [0.5, 0.6) is 0 Å². The molecule has 0 fully saturated rings. The molecule has 58 valence electrons. The van der Waals surface area contributed by atoms with Crippen LogP contribution < -0.4 is 0 Å². The van der Waals surface area contributed by atoms with E-state index in [0.29, 0.717) is 0 Å². The maximum absolute atomic E-state index is 5.22. The molecule has 1 rings (SSSR count). The highest BCUT2D eigenvalue weighted by Crippen LogP contribution is 2.04. The van der Waals surface area contributed by atoms with E-state index in [1.807, 2.05) is 36.4 Å². The van der Waals surface area contributed by atoms with Gasteiger partial charge in [0.15, 0.2) is 0 Å². The third-order valence-electron chi connectivity index (χ3n) is 1.50. The van der Waals surface area contributed by atoms with Crippen LogP contribution in [0.3, 0.4) is 0 Å². The highest BCUT2D eigenvalue weighted by molar-refractivity contribution is 5.52. The molecule has 0 aliphatic carbocycles. The molecular formula is C12H10. The summed E-state index contributed by atoms with van der Waals surface area (Å²) in [5.41, 5.74) is 2.04. The zero-order valence-corrected chi connectivity index (χ0v) is 6.83. The molecule has 0 unspecified atom stereocenters. The summed E-state index contributed by atoms with van der Waals surface area (Å²) >= 11 is 0. The van der Waals surface area contributed by atoms with Crippen molar-refractivity contribution in [3.63, 3.8) is 0 Å². The fraction of sp³-hybridized carbons (Fsp3) is 0. The summed E-state index contributed by atoms with van der Waals surface area (Å²) < 4.78 is 0. The van der Waals surface area contributed by atoms with Crippen molar-refractivity contribution in [3.8, 4) is 12.3 Å². The van der Waals surface area contributed by atoms with Gasteiger partial charge in [0.1, 0.15) is 0 Å². The summed E-state index contributed by atoms with van der Waals surface area (Å²) in [4.78, 5) is 0. The predicted molar refractivity (Wildman–Crippen MR) is 53.6 cm³/mol. The monoisotopic (exact) mass is 154 g/mol. The average Bonchev–Trinajstić information content (AvgIpc) is 2.15. The lowest BCUT2D eigenvalue weighted by atomic mass is 10.1. The van der Waals surface area contributed by atoms with Gasteiger partial charge in [-0.15, -0.1) is 6.42 Å². The predicted octanol–water partition coefficient (Wildman–Crippen LogP) is 2.87. The van der Waals surface area contributed by atoms with Gasteiger partial charge in [-0.1, -0.05) is 42.9 Å². The summed E-state index contributed by atoms with van der Waals surface area (Å²) in [6.45, 7) is 3.59. The Labute approximate surface area is 73.2 Å². The number of allylic oxidation sites excluding steroid dienone is 2. The van der Waals surface area contributed by atoms with E-state index in [1.165, 1.54) is 0 Å².